The Hall–Kier alpha value is -1.85. The second-order valence-corrected chi connectivity index (χ2v) is 9.10. The third-order valence-electron chi connectivity index (χ3n) is 7.73. The fourth-order valence-corrected chi connectivity index (χ4v) is 6.10. The largest absolute Gasteiger partial charge is 0.325 e. The molecule has 29 heavy (non-hydrogen) atoms. The molecule has 2 aliphatic heterocycles. The fourth-order valence-electron chi connectivity index (χ4n) is 6.10. The number of hydrogen-bond acceptors (Lipinski definition) is 3. The van der Waals surface area contributed by atoms with Crippen LogP contribution < -0.4 is 0 Å². The van der Waals surface area contributed by atoms with Crippen LogP contribution in [0.15, 0.2) is 11.1 Å². The quantitative estimate of drug-likeness (QED) is 0.677. The van der Waals surface area contributed by atoms with Gasteiger partial charge in [0.25, 0.3) is 11.8 Å². The van der Waals surface area contributed by atoms with Crippen molar-refractivity contribution in [3.05, 3.63) is 11.1 Å². The van der Waals surface area contributed by atoms with Gasteiger partial charge in [0.1, 0.15) is 0 Å². The van der Waals surface area contributed by atoms with Crippen LogP contribution in [0.2, 0.25) is 0 Å². The van der Waals surface area contributed by atoms with Crippen molar-refractivity contribution in [3.63, 3.8) is 0 Å². The molecule has 1 saturated heterocycles. The van der Waals surface area contributed by atoms with E-state index in [1.54, 1.807) is 0 Å². The molecule has 4 amide bonds. The van der Waals surface area contributed by atoms with E-state index in [-0.39, 0.29) is 23.9 Å². The molecule has 3 unspecified atom stereocenters. The third kappa shape index (κ3) is 3.59. The highest BCUT2D eigenvalue weighted by molar-refractivity contribution is 6.19. The molecule has 4 rings (SSSR count). The molecule has 2 aliphatic carbocycles. The van der Waals surface area contributed by atoms with E-state index < -0.39 is 0 Å². The van der Waals surface area contributed by atoms with Crippen molar-refractivity contribution in [2.75, 3.05) is 26.2 Å². The molecule has 3 atom stereocenters. The average molecular weight is 402 g/mol. The summed E-state index contributed by atoms with van der Waals surface area (Å²) >= 11 is 0. The minimum Gasteiger partial charge on any atom is -0.325 e. The van der Waals surface area contributed by atoms with Gasteiger partial charge in [0.15, 0.2) is 0 Å². The molecule has 0 N–H and O–H groups in total. The molecule has 0 aromatic rings. The Morgan fingerprint density at radius 2 is 1.55 bits per heavy atom. The van der Waals surface area contributed by atoms with Gasteiger partial charge in [-0.3, -0.25) is 14.5 Å². The Morgan fingerprint density at radius 3 is 2.17 bits per heavy atom. The maximum absolute atomic E-state index is 13.3. The number of hydrogen-bond donors (Lipinski definition) is 0. The summed E-state index contributed by atoms with van der Waals surface area (Å²) in [4.78, 5) is 44.7. The van der Waals surface area contributed by atoms with E-state index in [0.29, 0.717) is 31.5 Å². The summed E-state index contributed by atoms with van der Waals surface area (Å²) in [6.45, 7) is 6.50. The summed E-state index contributed by atoms with van der Waals surface area (Å²) < 4.78 is 0. The highest BCUT2D eigenvalue weighted by atomic mass is 16.2. The number of likely N-dealkylation sites (tertiary alicyclic amines) is 1. The Kier molecular flexibility index (Phi) is 5.98. The van der Waals surface area contributed by atoms with Gasteiger partial charge in [-0.1, -0.05) is 19.3 Å². The second-order valence-electron chi connectivity index (χ2n) is 9.10. The number of nitrogens with zero attached hydrogens (tertiary/aromatic N) is 3. The highest BCUT2D eigenvalue weighted by Gasteiger charge is 2.46. The zero-order valence-corrected chi connectivity index (χ0v) is 18.0. The molecule has 0 aromatic carbocycles. The van der Waals surface area contributed by atoms with Gasteiger partial charge in [-0.25, -0.2) is 4.79 Å². The summed E-state index contributed by atoms with van der Waals surface area (Å²) in [5, 5.41) is 0. The number of amides is 4. The first kappa shape index (κ1) is 20.4. The molecule has 0 bridgehead atoms. The van der Waals surface area contributed by atoms with Crippen molar-refractivity contribution in [1.29, 1.82) is 0 Å². The number of urea groups is 1. The molecular weight excluding hydrogens is 366 g/mol. The van der Waals surface area contributed by atoms with Gasteiger partial charge in [0.05, 0.1) is 12.6 Å². The minimum absolute atomic E-state index is 0.0450. The Morgan fingerprint density at radius 1 is 0.931 bits per heavy atom. The third-order valence-corrected chi connectivity index (χ3v) is 7.73. The number of piperidine rings is 1. The van der Waals surface area contributed by atoms with Crippen LogP contribution in [-0.4, -0.2) is 64.8 Å². The van der Waals surface area contributed by atoms with E-state index in [9.17, 15) is 14.4 Å². The maximum atomic E-state index is 13.3. The molecular formula is C23H35N3O3. The van der Waals surface area contributed by atoms with Crippen LogP contribution in [0, 0.1) is 11.8 Å². The lowest BCUT2D eigenvalue weighted by Crippen LogP contribution is -2.60. The highest BCUT2D eigenvalue weighted by Crippen LogP contribution is 2.41. The number of rotatable bonds is 4. The predicted molar refractivity (Wildman–Crippen MR) is 111 cm³/mol. The van der Waals surface area contributed by atoms with E-state index in [0.717, 1.165) is 56.2 Å². The number of carbonyl (C=O) groups is 3. The smallest absolute Gasteiger partial charge is 0.320 e. The van der Waals surface area contributed by atoms with Gasteiger partial charge >= 0.3 is 6.03 Å². The maximum Gasteiger partial charge on any atom is 0.320 e. The second kappa shape index (κ2) is 8.49. The van der Waals surface area contributed by atoms with E-state index in [2.05, 4.69) is 0 Å². The summed E-state index contributed by atoms with van der Waals surface area (Å²) in [5.74, 6) is 0.843. The van der Waals surface area contributed by atoms with Crippen LogP contribution in [0.4, 0.5) is 4.79 Å². The summed E-state index contributed by atoms with van der Waals surface area (Å²) in [6, 6.07) is 0.0252. The average Bonchev–Trinajstić information content (AvgIpc) is 3.00. The molecule has 0 spiro atoms. The molecule has 2 fully saturated rings. The Bertz CT molecular complexity index is 684. The standard InChI is InChI=1S/C23H35N3O3/c1-3-24(4-2)23(29)25-14-13-16-9-5-6-10-17(16)20(25)15-26-21(27)18-11-7-8-12-19(18)22(26)28/h16-17,20H,3-15H2,1-2H3. The van der Waals surface area contributed by atoms with E-state index >= 15 is 0 Å². The van der Waals surface area contributed by atoms with Crippen LogP contribution in [-0.2, 0) is 9.59 Å². The van der Waals surface area contributed by atoms with E-state index in [4.69, 9.17) is 0 Å². The number of carbonyl (C=O) groups excluding carboxylic acids is 3. The van der Waals surface area contributed by atoms with E-state index in [1.165, 1.54) is 24.2 Å². The first-order valence-corrected chi connectivity index (χ1v) is 11.7. The molecule has 6 nitrogen and oxygen atoms in total. The fraction of sp³-hybridized carbons (Fsp3) is 0.783. The number of fused-ring (bicyclic) bond motifs is 1. The zero-order chi connectivity index (χ0) is 20.5. The summed E-state index contributed by atoms with van der Waals surface area (Å²) in [6.07, 6.45) is 9.25. The van der Waals surface area contributed by atoms with Gasteiger partial charge in [-0.05, 0) is 64.2 Å². The predicted octanol–water partition coefficient (Wildman–Crippen LogP) is 3.57. The van der Waals surface area contributed by atoms with Crippen LogP contribution in [0.5, 0.6) is 0 Å². The molecule has 4 aliphatic rings. The van der Waals surface area contributed by atoms with Crippen molar-refractivity contribution in [2.24, 2.45) is 11.8 Å². The normalized spacial score (nSPS) is 29.8. The summed E-state index contributed by atoms with van der Waals surface area (Å²) in [5.41, 5.74) is 1.50. The first-order valence-electron chi connectivity index (χ1n) is 11.7. The topological polar surface area (TPSA) is 60.9 Å². The summed E-state index contributed by atoms with van der Waals surface area (Å²) in [7, 11) is 0. The van der Waals surface area contributed by atoms with Gasteiger partial charge in [0.2, 0.25) is 0 Å². The Balaban J connectivity index is 1.59. The first-order chi connectivity index (χ1) is 14.1. The molecule has 1 saturated carbocycles. The lowest BCUT2D eigenvalue weighted by molar-refractivity contribution is -0.139. The van der Waals surface area contributed by atoms with Gasteiger partial charge in [0, 0.05) is 30.8 Å². The molecule has 2 heterocycles. The van der Waals surface area contributed by atoms with Gasteiger partial charge in [-0.2, -0.15) is 0 Å². The lowest BCUT2D eigenvalue weighted by atomic mass is 9.70. The Labute approximate surface area is 174 Å². The number of imide groups is 1. The van der Waals surface area contributed by atoms with Crippen molar-refractivity contribution < 1.29 is 14.4 Å². The van der Waals surface area contributed by atoms with Gasteiger partial charge in [-0.15, -0.1) is 0 Å². The van der Waals surface area contributed by atoms with Crippen molar-refractivity contribution in [1.82, 2.24) is 14.7 Å². The zero-order valence-electron chi connectivity index (χ0n) is 18.0. The molecule has 0 radical (unpaired) electrons. The van der Waals surface area contributed by atoms with Crippen LogP contribution in [0.3, 0.4) is 0 Å². The lowest BCUT2D eigenvalue weighted by Gasteiger charge is -2.49. The van der Waals surface area contributed by atoms with Crippen LogP contribution in [0.25, 0.3) is 0 Å². The SMILES string of the molecule is CCN(CC)C(=O)N1CCC2CCCCC2C1CN1C(=O)C2=C(CCCC2)C1=O. The van der Waals surface area contributed by atoms with Crippen molar-refractivity contribution in [2.45, 2.75) is 77.7 Å². The monoisotopic (exact) mass is 401 g/mol. The minimum atomic E-state index is -0.0853. The van der Waals surface area contributed by atoms with Gasteiger partial charge < -0.3 is 9.80 Å². The molecule has 160 valence electrons. The molecule has 0 aromatic heterocycles. The van der Waals surface area contributed by atoms with Crippen LogP contribution in [0.1, 0.15) is 71.6 Å². The van der Waals surface area contributed by atoms with E-state index in [1.807, 2.05) is 23.6 Å². The molecule has 6 heteroatoms. The van der Waals surface area contributed by atoms with Crippen LogP contribution >= 0.6 is 0 Å². The van der Waals surface area contributed by atoms with Crippen molar-refractivity contribution in [3.8, 4) is 0 Å². The van der Waals surface area contributed by atoms with Crippen molar-refractivity contribution >= 4 is 17.8 Å².